The Kier molecular flexibility index (Phi) is 9.10. The van der Waals surface area contributed by atoms with Crippen LogP contribution >= 0.6 is 0 Å². The van der Waals surface area contributed by atoms with Crippen LogP contribution in [-0.4, -0.2) is 83.6 Å². The van der Waals surface area contributed by atoms with Crippen LogP contribution in [0.5, 0.6) is 0 Å². The lowest BCUT2D eigenvalue weighted by Crippen LogP contribution is -2.24. The Hall–Kier alpha value is -2.81. The highest BCUT2D eigenvalue weighted by Gasteiger charge is 2.18. The van der Waals surface area contributed by atoms with Gasteiger partial charge in [0.25, 0.3) is 0 Å². The fraction of sp³-hybridized carbons (Fsp3) is 0.611. The SMILES string of the molecule is CC(C)(C)n1cc(CN(Cc2cn(CCOS(=O)(=O)O)cn2)Cc2cn(CCOS(=O)(=O)O)nn2)nn1. The number of nitrogens with zero attached hydrogens (tertiary/aromatic N) is 9. The van der Waals surface area contributed by atoms with Crippen molar-refractivity contribution in [2.75, 3.05) is 13.2 Å². The van der Waals surface area contributed by atoms with E-state index in [9.17, 15) is 16.8 Å². The van der Waals surface area contributed by atoms with Gasteiger partial charge in [0.1, 0.15) is 0 Å². The van der Waals surface area contributed by atoms with Crippen molar-refractivity contribution in [3.05, 3.63) is 42.0 Å². The maximum atomic E-state index is 10.7. The lowest BCUT2D eigenvalue weighted by Gasteiger charge is -2.19. The standard InChI is InChI=1S/C18H29N9O8S2/c1-18(2,3)27-13-17(21-23-27)11-25(9-15-8-24(14-19-15)4-6-34-36(28,29)30)10-16-12-26(22-20-16)5-7-35-37(31,32)33/h8,12-14H,4-7,9-11H2,1-3H3,(H,28,29,30)(H,31,32,33). The predicted molar refractivity (Wildman–Crippen MR) is 125 cm³/mol. The predicted octanol–water partition coefficient (Wildman–Crippen LogP) is -0.338. The molecule has 3 heterocycles. The second kappa shape index (κ2) is 11.7. The van der Waals surface area contributed by atoms with E-state index >= 15 is 0 Å². The van der Waals surface area contributed by atoms with Crippen LogP contribution in [0, 0.1) is 0 Å². The van der Waals surface area contributed by atoms with Gasteiger partial charge in [0.05, 0.1) is 54.9 Å². The zero-order chi connectivity index (χ0) is 27.3. The van der Waals surface area contributed by atoms with Crippen LogP contribution < -0.4 is 0 Å². The van der Waals surface area contributed by atoms with Crippen molar-refractivity contribution in [2.45, 2.75) is 59.0 Å². The van der Waals surface area contributed by atoms with Gasteiger partial charge in [0.2, 0.25) is 0 Å². The van der Waals surface area contributed by atoms with Gasteiger partial charge in [0, 0.05) is 38.6 Å². The van der Waals surface area contributed by atoms with E-state index in [-0.39, 0.29) is 31.8 Å². The summed E-state index contributed by atoms with van der Waals surface area (Å²) in [5.41, 5.74) is 1.72. The minimum atomic E-state index is -4.54. The molecule has 17 nitrogen and oxygen atoms in total. The minimum Gasteiger partial charge on any atom is -0.335 e. The van der Waals surface area contributed by atoms with Gasteiger partial charge < -0.3 is 4.57 Å². The molecule has 0 radical (unpaired) electrons. The Bertz CT molecular complexity index is 1300. The molecule has 2 N–H and O–H groups in total. The lowest BCUT2D eigenvalue weighted by atomic mass is 10.1. The van der Waals surface area contributed by atoms with Crippen LogP contribution in [-0.2, 0) is 67.4 Å². The molecule has 0 aromatic carbocycles. The molecule has 206 valence electrons. The molecule has 0 spiro atoms. The smallest absolute Gasteiger partial charge is 0.335 e. The van der Waals surface area contributed by atoms with Gasteiger partial charge in [0.15, 0.2) is 0 Å². The van der Waals surface area contributed by atoms with Gasteiger partial charge in [-0.1, -0.05) is 10.4 Å². The molecular weight excluding hydrogens is 534 g/mol. The van der Waals surface area contributed by atoms with E-state index in [2.05, 4.69) is 34.0 Å². The van der Waals surface area contributed by atoms with E-state index < -0.39 is 20.8 Å². The van der Waals surface area contributed by atoms with Gasteiger partial charge in [-0.15, -0.1) is 10.2 Å². The molecule has 0 unspecified atom stereocenters. The van der Waals surface area contributed by atoms with Crippen molar-refractivity contribution in [3.63, 3.8) is 0 Å². The van der Waals surface area contributed by atoms with E-state index in [1.54, 1.807) is 21.6 Å². The Labute approximate surface area is 213 Å². The van der Waals surface area contributed by atoms with E-state index in [1.165, 1.54) is 11.0 Å². The van der Waals surface area contributed by atoms with Crippen LogP contribution in [0.15, 0.2) is 24.9 Å². The minimum absolute atomic E-state index is 0.0583. The molecule has 19 heteroatoms. The summed E-state index contributed by atoms with van der Waals surface area (Å²) < 4.78 is 73.6. The topological polar surface area (TPSA) is 210 Å². The van der Waals surface area contributed by atoms with Crippen LogP contribution in [0.2, 0.25) is 0 Å². The second-order valence-electron chi connectivity index (χ2n) is 9.05. The van der Waals surface area contributed by atoms with E-state index in [0.29, 0.717) is 36.7 Å². The van der Waals surface area contributed by atoms with E-state index in [4.69, 9.17) is 9.11 Å². The molecule has 37 heavy (non-hydrogen) atoms. The number of hydrogen-bond acceptors (Lipinski definition) is 12. The zero-order valence-electron chi connectivity index (χ0n) is 20.4. The van der Waals surface area contributed by atoms with Gasteiger partial charge in [-0.25, -0.2) is 22.7 Å². The van der Waals surface area contributed by atoms with Crippen molar-refractivity contribution in [1.29, 1.82) is 0 Å². The van der Waals surface area contributed by atoms with Crippen molar-refractivity contribution in [3.8, 4) is 0 Å². The largest absolute Gasteiger partial charge is 0.397 e. The summed E-state index contributed by atoms with van der Waals surface area (Å²) in [5.74, 6) is 0. The third kappa shape index (κ3) is 10.2. The van der Waals surface area contributed by atoms with Crippen molar-refractivity contribution in [1.82, 2.24) is 44.4 Å². The Morgan fingerprint density at radius 1 is 0.838 bits per heavy atom. The molecule has 3 aromatic rings. The zero-order valence-corrected chi connectivity index (χ0v) is 22.1. The second-order valence-corrected chi connectivity index (χ2v) is 11.2. The number of imidazole rings is 1. The molecule has 3 aromatic heterocycles. The maximum Gasteiger partial charge on any atom is 0.397 e. The van der Waals surface area contributed by atoms with Crippen LogP contribution in [0.4, 0.5) is 0 Å². The van der Waals surface area contributed by atoms with Crippen LogP contribution in [0.25, 0.3) is 0 Å². The highest BCUT2D eigenvalue weighted by molar-refractivity contribution is 7.81. The summed E-state index contributed by atoms with van der Waals surface area (Å²) in [5, 5.41) is 16.5. The molecule has 0 saturated heterocycles. The molecule has 0 atom stereocenters. The molecule has 0 bridgehead atoms. The summed E-state index contributed by atoms with van der Waals surface area (Å²) >= 11 is 0. The van der Waals surface area contributed by atoms with Gasteiger partial charge >= 0.3 is 20.8 Å². The maximum absolute atomic E-state index is 10.7. The molecule has 0 fully saturated rings. The first-order valence-electron chi connectivity index (χ1n) is 10.9. The summed E-state index contributed by atoms with van der Waals surface area (Å²) in [4.78, 5) is 6.33. The van der Waals surface area contributed by atoms with E-state index in [0.717, 1.165) is 0 Å². The lowest BCUT2D eigenvalue weighted by molar-refractivity contribution is 0.238. The summed E-state index contributed by atoms with van der Waals surface area (Å²) in [7, 11) is -9.06. The van der Waals surface area contributed by atoms with Crippen LogP contribution in [0.1, 0.15) is 37.9 Å². The molecule has 0 aliphatic carbocycles. The van der Waals surface area contributed by atoms with Gasteiger partial charge in [-0.2, -0.15) is 16.8 Å². The molecule has 0 aliphatic heterocycles. The van der Waals surface area contributed by atoms with Crippen molar-refractivity contribution >= 4 is 20.8 Å². The molecule has 3 rings (SSSR count). The summed E-state index contributed by atoms with van der Waals surface area (Å²) in [6, 6.07) is 0. The normalized spacial score (nSPS) is 13.0. The first kappa shape index (κ1) is 28.8. The van der Waals surface area contributed by atoms with Gasteiger partial charge in [-0.05, 0) is 20.8 Å². The first-order valence-corrected chi connectivity index (χ1v) is 13.7. The number of aromatic nitrogens is 8. The average Bonchev–Trinajstić information content (AvgIpc) is 3.48. The number of rotatable bonds is 14. The van der Waals surface area contributed by atoms with E-state index in [1.807, 2.05) is 31.9 Å². The van der Waals surface area contributed by atoms with Gasteiger partial charge in [-0.3, -0.25) is 14.0 Å². The fourth-order valence-electron chi connectivity index (χ4n) is 3.17. The fourth-order valence-corrected chi connectivity index (χ4v) is 3.74. The summed E-state index contributed by atoms with van der Waals surface area (Å²) in [6.45, 7) is 6.78. The molecular formula is C18H29N9O8S2. The Morgan fingerprint density at radius 3 is 2.00 bits per heavy atom. The Morgan fingerprint density at radius 2 is 1.41 bits per heavy atom. The summed E-state index contributed by atoms with van der Waals surface area (Å²) in [6.07, 6.45) is 6.71. The third-order valence-corrected chi connectivity index (χ3v) is 5.72. The first-order chi connectivity index (χ1) is 17.2. The number of hydrogen-bond donors (Lipinski definition) is 2. The monoisotopic (exact) mass is 563 g/mol. The van der Waals surface area contributed by atoms with Crippen molar-refractivity contribution < 1.29 is 34.3 Å². The molecule has 0 amide bonds. The third-order valence-electron chi connectivity index (χ3n) is 4.79. The average molecular weight is 564 g/mol. The highest BCUT2D eigenvalue weighted by atomic mass is 32.3. The Balaban J connectivity index is 1.69. The van der Waals surface area contributed by atoms with Crippen LogP contribution in [0.3, 0.4) is 0 Å². The van der Waals surface area contributed by atoms with Crippen molar-refractivity contribution in [2.24, 2.45) is 0 Å². The molecule has 0 aliphatic rings. The highest BCUT2D eigenvalue weighted by Crippen LogP contribution is 2.15. The molecule has 0 saturated carbocycles. The quantitative estimate of drug-likeness (QED) is 0.240.